The number of sulfonamides is 1. The van der Waals surface area contributed by atoms with E-state index in [-0.39, 0.29) is 21.0 Å². The lowest BCUT2D eigenvalue weighted by Crippen LogP contribution is -2.43. The molecule has 0 bridgehead atoms. The first-order valence-electron chi connectivity index (χ1n) is 6.55. The topological polar surface area (TPSA) is 46.2 Å². The average molecular weight is 433 g/mol. The summed E-state index contributed by atoms with van der Waals surface area (Å²) in [4.78, 5) is -0.0422. The standard InChI is InChI=1S/C13H16BrCl2NO2S2/c1-20-12-5-3-2-4-11(12)17-21(18,19)13-9(15)6-8(14)7-10(13)16/h6-7,11-12,17H,2-5H2,1H3. The molecule has 1 saturated carbocycles. The highest BCUT2D eigenvalue weighted by Gasteiger charge is 2.31. The molecule has 1 aromatic rings. The predicted molar refractivity (Wildman–Crippen MR) is 94.0 cm³/mol. The van der Waals surface area contributed by atoms with Gasteiger partial charge in [-0.25, -0.2) is 13.1 Å². The van der Waals surface area contributed by atoms with Crippen molar-refractivity contribution in [3.63, 3.8) is 0 Å². The molecule has 0 saturated heterocycles. The normalized spacial score (nSPS) is 23.2. The van der Waals surface area contributed by atoms with Gasteiger partial charge in [0.1, 0.15) is 4.90 Å². The minimum atomic E-state index is -3.73. The molecular weight excluding hydrogens is 417 g/mol. The Morgan fingerprint density at radius 3 is 2.38 bits per heavy atom. The maximum absolute atomic E-state index is 12.6. The fourth-order valence-corrected chi connectivity index (χ4v) is 6.83. The number of hydrogen-bond acceptors (Lipinski definition) is 3. The van der Waals surface area contributed by atoms with E-state index in [2.05, 4.69) is 20.7 Å². The summed E-state index contributed by atoms with van der Waals surface area (Å²) in [5.41, 5.74) is 0. The third-order valence-corrected chi connectivity index (χ3v) is 7.58. The molecule has 0 radical (unpaired) electrons. The van der Waals surface area contributed by atoms with E-state index < -0.39 is 10.0 Å². The Morgan fingerprint density at radius 2 is 1.81 bits per heavy atom. The lowest BCUT2D eigenvalue weighted by atomic mass is 9.96. The molecule has 2 rings (SSSR count). The number of nitrogens with one attached hydrogen (secondary N) is 1. The van der Waals surface area contributed by atoms with Gasteiger partial charge in [0.25, 0.3) is 0 Å². The minimum absolute atomic E-state index is 0.0422. The molecule has 1 aromatic carbocycles. The van der Waals surface area contributed by atoms with Crippen molar-refractivity contribution < 1.29 is 8.42 Å². The van der Waals surface area contributed by atoms with Crippen molar-refractivity contribution in [1.29, 1.82) is 0 Å². The van der Waals surface area contributed by atoms with Crippen molar-refractivity contribution in [3.05, 3.63) is 26.7 Å². The van der Waals surface area contributed by atoms with Crippen LogP contribution in [0.4, 0.5) is 0 Å². The van der Waals surface area contributed by atoms with E-state index >= 15 is 0 Å². The van der Waals surface area contributed by atoms with E-state index in [1.54, 1.807) is 11.8 Å². The molecule has 0 aliphatic heterocycles. The molecule has 8 heteroatoms. The Hall–Kier alpha value is 0.540. The van der Waals surface area contributed by atoms with E-state index in [0.717, 1.165) is 25.7 Å². The van der Waals surface area contributed by atoms with Gasteiger partial charge in [0.15, 0.2) is 0 Å². The highest BCUT2D eigenvalue weighted by molar-refractivity contribution is 9.10. The Labute approximate surface area is 148 Å². The summed E-state index contributed by atoms with van der Waals surface area (Å²) in [7, 11) is -3.73. The van der Waals surface area contributed by atoms with Gasteiger partial charge < -0.3 is 0 Å². The van der Waals surface area contributed by atoms with Crippen molar-refractivity contribution in [2.45, 2.75) is 41.9 Å². The second kappa shape index (κ2) is 7.41. The summed E-state index contributed by atoms with van der Waals surface area (Å²) in [6.07, 6.45) is 6.05. The average Bonchev–Trinajstić information content (AvgIpc) is 2.37. The first-order valence-corrected chi connectivity index (χ1v) is 10.9. The quantitative estimate of drug-likeness (QED) is 0.749. The summed E-state index contributed by atoms with van der Waals surface area (Å²) in [6, 6.07) is 3.00. The molecule has 1 N–H and O–H groups in total. The van der Waals surface area contributed by atoms with E-state index in [9.17, 15) is 8.42 Å². The molecule has 3 nitrogen and oxygen atoms in total. The molecule has 0 spiro atoms. The zero-order valence-electron chi connectivity index (χ0n) is 11.4. The number of rotatable bonds is 4. The zero-order valence-corrected chi connectivity index (χ0v) is 16.1. The van der Waals surface area contributed by atoms with E-state index in [0.29, 0.717) is 9.72 Å². The van der Waals surface area contributed by atoms with Crippen molar-refractivity contribution >= 4 is 60.9 Å². The second-order valence-corrected chi connectivity index (χ2v) is 9.44. The number of halogens is 3. The summed E-state index contributed by atoms with van der Waals surface area (Å²) in [6.45, 7) is 0. The van der Waals surface area contributed by atoms with Crippen LogP contribution < -0.4 is 4.72 Å². The first kappa shape index (κ1) is 17.9. The van der Waals surface area contributed by atoms with Crippen LogP contribution in [0.3, 0.4) is 0 Å². The molecule has 0 amide bonds. The van der Waals surface area contributed by atoms with E-state index in [1.807, 2.05) is 6.26 Å². The van der Waals surface area contributed by atoms with Gasteiger partial charge in [-0.1, -0.05) is 52.0 Å². The Balaban J connectivity index is 2.30. The Bertz CT molecular complexity index is 602. The Morgan fingerprint density at radius 1 is 1.24 bits per heavy atom. The van der Waals surface area contributed by atoms with Crippen LogP contribution in [0.2, 0.25) is 10.0 Å². The van der Waals surface area contributed by atoms with Crippen LogP contribution in [0.5, 0.6) is 0 Å². The largest absolute Gasteiger partial charge is 0.243 e. The van der Waals surface area contributed by atoms with Gasteiger partial charge in [-0.3, -0.25) is 0 Å². The SMILES string of the molecule is CSC1CCCCC1NS(=O)(=O)c1c(Cl)cc(Br)cc1Cl. The van der Waals surface area contributed by atoms with Gasteiger partial charge in [0.05, 0.1) is 10.0 Å². The highest BCUT2D eigenvalue weighted by atomic mass is 79.9. The molecule has 118 valence electrons. The summed E-state index contributed by atoms with van der Waals surface area (Å²) >= 11 is 17.1. The zero-order chi connectivity index (χ0) is 15.6. The van der Waals surface area contributed by atoms with Crippen LogP contribution in [0.15, 0.2) is 21.5 Å². The third-order valence-electron chi connectivity index (χ3n) is 3.54. The van der Waals surface area contributed by atoms with Crippen LogP contribution in [-0.2, 0) is 10.0 Å². The van der Waals surface area contributed by atoms with Gasteiger partial charge in [-0.15, -0.1) is 0 Å². The van der Waals surface area contributed by atoms with E-state index in [1.165, 1.54) is 12.1 Å². The van der Waals surface area contributed by atoms with Crippen molar-refractivity contribution in [1.82, 2.24) is 4.72 Å². The van der Waals surface area contributed by atoms with Crippen LogP contribution in [-0.4, -0.2) is 26.0 Å². The monoisotopic (exact) mass is 431 g/mol. The highest BCUT2D eigenvalue weighted by Crippen LogP contribution is 2.34. The lowest BCUT2D eigenvalue weighted by molar-refractivity contribution is 0.423. The number of hydrogen-bond donors (Lipinski definition) is 1. The lowest BCUT2D eigenvalue weighted by Gasteiger charge is -2.30. The van der Waals surface area contributed by atoms with Crippen molar-refractivity contribution in [2.75, 3.05) is 6.26 Å². The van der Waals surface area contributed by atoms with Gasteiger partial charge in [-0.2, -0.15) is 11.8 Å². The summed E-state index contributed by atoms with van der Waals surface area (Å²) in [5.74, 6) is 0. The summed E-state index contributed by atoms with van der Waals surface area (Å²) < 4.78 is 28.7. The molecule has 2 unspecified atom stereocenters. The predicted octanol–water partition coefficient (Wildman–Crippen LogP) is 4.71. The second-order valence-electron chi connectivity index (χ2n) is 4.98. The van der Waals surface area contributed by atoms with Gasteiger partial charge in [0.2, 0.25) is 10.0 Å². The first-order chi connectivity index (χ1) is 9.85. The van der Waals surface area contributed by atoms with E-state index in [4.69, 9.17) is 23.2 Å². The third kappa shape index (κ3) is 4.30. The molecule has 1 aliphatic carbocycles. The molecule has 21 heavy (non-hydrogen) atoms. The van der Waals surface area contributed by atoms with Crippen LogP contribution in [0, 0.1) is 0 Å². The maximum Gasteiger partial charge on any atom is 0.243 e. The van der Waals surface area contributed by atoms with Crippen molar-refractivity contribution in [2.24, 2.45) is 0 Å². The summed E-state index contributed by atoms with van der Waals surface area (Å²) in [5, 5.41) is 0.540. The van der Waals surface area contributed by atoms with Gasteiger partial charge in [0, 0.05) is 15.8 Å². The molecule has 1 fully saturated rings. The minimum Gasteiger partial charge on any atom is -0.207 e. The van der Waals surface area contributed by atoms with Crippen molar-refractivity contribution in [3.8, 4) is 0 Å². The molecule has 0 heterocycles. The van der Waals surface area contributed by atoms with Crippen LogP contribution in [0.1, 0.15) is 25.7 Å². The number of benzene rings is 1. The number of thioether (sulfide) groups is 1. The fourth-order valence-electron chi connectivity index (χ4n) is 2.56. The maximum atomic E-state index is 12.6. The molecule has 1 aliphatic rings. The van der Waals surface area contributed by atoms with Crippen LogP contribution >= 0.6 is 50.9 Å². The smallest absolute Gasteiger partial charge is 0.207 e. The van der Waals surface area contributed by atoms with Gasteiger partial charge >= 0.3 is 0 Å². The molecule has 2 atom stereocenters. The van der Waals surface area contributed by atoms with Gasteiger partial charge in [-0.05, 0) is 31.2 Å². The van der Waals surface area contributed by atoms with Crippen LogP contribution in [0.25, 0.3) is 0 Å². The molecular formula is C13H16BrCl2NO2S2. The fraction of sp³-hybridized carbons (Fsp3) is 0.538. The Kier molecular flexibility index (Phi) is 6.31. The molecule has 0 aromatic heterocycles.